The van der Waals surface area contributed by atoms with Crippen LogP contribution < -0.4 is 10.6 Å². The molecule has 4 rings (SSSR count). The monoisotopic (exact) mass is 394 g/mol. The highest BCUT2D eigenvalue weighted by molar-refractivity contribution is 6.13. The molecule has 0 fully saturated rings. The fourth-order valence-electron chi connectivity index (χ4n) is 3.32. The van der Waals surface area contributed by atoms with E-state index in [1.54, 1.807) is 0 Å². The molecule has 5 nitrogen and oxygen atoms in total. The van der Waals surface area contributed by atoms with Crippen molar-refractivity contribution in [2.24, 2.45) is 0 Å². The summed E-state index contributed by atoms with van der Waals surface area (Å²) in [6.07, 6.45) is 0.878. The Morgan fingerprint density at radius 1 is 1.00 bits per heavy atom. The molecule has 6 heteroatoms. The van der Waals surface area contributed by atoms with Gasteiger partial charge in [0.25, 0.3) is 5.91 Å². The van der Waals surface area contributed by atoms with Crippen molar-refractivity contribution in [2.75, 3.05) is 20.1 Å². The second-order valence-corrected chi connectivity index (χ2v) is 6.53. The molecule has 144 valence electrons. The van der Waals surface area contributed by atoms with Gasteiger partial charge in [0.15, 0.2) is 0 Å². The molecule has 0 aliphatic rings. The van der Waals surface area contributed by atoms with E-state index >= 15 is 0 Å². The fourth-order valence-corrected chi connectivity index (χ4v) is 3.32. The summed E-state index contributed by atoms with van der Waals surface area (Å²) in [6, 6.07) is 20.0. The standard InChI is InChI=1S/C22H22N4O.ClH/c1-23-12-7-13-24-22(27)19-14-17-16-10-5-6-11-18(16)25-21(17)20(26-19)15-8-3-2-4-9-15;/h2-6,8-11,14,23,25H,7,12-13H2,1H3,(H,24,27);1H. The van der Waals surface area contributed by atoms with Crippen molar-refractivity contribution in [1.82, 2.24) is 20.6 Å². The molecule has 2 aromatic heterocycles. The van der Waals surface area contributed by atoms with Crippen LogP contribution in [0.2, 0.25) is 0 Å². The Hall–Kier alpha value is -2.89. The Morgan fingerprint density at radius 2 is 1.75 bits per heavy atom. The highest BCUT2D eigenvalue weighted by Gasteiger charge is 2.16. The molecular formula is C22H23ClN4O. The molecule has 4 aromatic rings. The first-order valence-electron chi connectivity index (χ1n) is 9.17. The van der Waals surface area contributed by atoms with Crippen LogP contribution >= 0.6 is 12.4 Å². The van der Waals surface area contributed by atoms with Gasteiger partial charge in [-0.1, -0.05) is 48.5 Å². The number of carbonyl (C=O) groups is 1. The van der Waals surface area contributed by atoms with Gasteiger partial charge in [-0.2, -0.15) is 0 Å². The SMILES string of the molecule is CNCCCNC(=O)c1cc2c([nH]c3ccccc32)c(-c2ccccc2)n1.Cl. The summed E-state index contributed by atoms with van der Waals surface area (Å²) in [4.78, 5) is 20.9. The zero-order valence-electron chi connectivity index (χ0n) is 15.7. The molecule has 0 atom stereocenters. The van der Waals surface area contributed by atoms with Gasteiger partial charge in [0.2, 0.25) is 0 Å². The zero-order chi connectivity index (χ0) is 18.6. The van der Waals surface area contributed by atoms with Crippen LogP contribution in [-0.2, 0) is 0 Å². The van der Waals surface area contributed by atoms with E-state index in [0.29, 0.717) is 12.2 Å². The second kappa shape index (κ2) is 8.87. The van der Waals surface area contributed by atoms with E-state index in [4.69, 9.17) is 4.98 Å². The maximum atomic E-state index is 12.7. The molecule has 0 aliphatic heterocycles. The maximum absolute atomic E-state index is 12.7. The lowest BCUT2D eigenvalue weighted by atomic mass is 10.1. The van der Waals surface area contributed by atoms with Gasteiger partial charge in [-0.25, -0.2) is 4.98 Å². The predicted molar refractivity (Wildman–Crippen MR) is 117 cm³/mol. The smallest absolute Gasteiger partial charge is 0.269 e. The van der Waals surface area contributed by atoms with Gasteiger partial charge in [0, 0.05) is 28.4 Å². The van der Waals surface area contributed by atoms with Crippen LogP contribution in [0.1, 0.15) is 16.9 Å². The maximum Gasteiger partial charge on any atom is 0.269 e. The summed E-state index contributed by atoms with van der Waals surface area (Å²) in [5.41, 5.74) is 4.21. The van der Waals surface area contributed by atoms with Crippen LogP contribution in [-0.4, -0.2) is 36.0 Å². The topological polar surface area (TPSA) is 69.8 Å². The molecule has 0 aliphatic carbocycles. The number of benzene rings is 2. The molecule has 2 aromatic carbocycles. The van der Waals surface area contributed by atoms with Crippen LogP contribution in [0, 0.1) is 0 Å². The number of halogens is 1. The third-order valence-corrected chi connectivity index (χ3v) is 4.67. The van der Waals surface area contributed by atoms with Crippen molar-refractivity contribution >= 4 is 40.1 Å². The number of aromatic amines is 1. The first kappa shape index (κ1) is 19.9. The highest BCUT2D eigenvalue weighted by atomic mass is 35.5. The van der Waals surface area contributed by atoms with E-state index in [1.165, 1.54) is 0 Å². The number of carbonyl (C=O) groups excluding carboxylic acids is 1. The Morgan fingerprint density at radius 3 is 2.54 bits per heavy atom. The van der Waals surface area contributed by atoms with Gasteiger partial charge in [-0.3, -0.25) is 4.79 Å². The Labute approximate surface area is 170 Å². The normalized spacial score (nSPS) is 10.8. The number of hydrogen-bond acceptors (Lipinski definition) is 3. The van der Waals surface area contributed by atoms with E-state index in [9.17, 15) is 4.79 Å². The van der Waals surface area contributed by atoms with Gasteiger partial charge in [-0.05, 0) is 32.1 Å². The van der Waals surface area contributed by atoms with Gasteiger partial charge in [0.05, 0.1) is 11.2 Å². The summed E-state index contributed by atoms with van der Waals surface area (Å²) in [5.74, 6) is -0.143. The fraction of sp³-hybridized carbons (Fsp3) is 0.182. The van der Waals surface area contributed by atoms with Crippen molar-refractivity contribution in [3.8, 4) is 11.3 Å². The Bertz CT molecular complexity index is 1090. The molecule has 0 saturated carbocycles. The van der Waals surface area contributed by atoms with Gasteiger partial charge >= 0.3 is 0 Å². The second-order valence-electron chi connectivity index (χ2n) is 6.53. The van der Waals surface area contributed by atoms with E-state index in [1.807, 2.05) is 61.6 Å². The van der Waals surface area contributed by atoms with Crippen LogP contribution in [0.15, 0.2) is 60.7 Å². The lowest BCUT2D eigenvalue weighted by Crippen LogP contribution is -2.27. The average molecular weight is 395 g/mol. The first-order chi connectivity index (χ1) is 13.3. The van der Waals surface area contributed by atoms with Crippen molar-refractivity contribution in [3.63, 3.8) is 0 Å². The van der Waals surface area contributed by atoms with E-state index < -0.39 is 0 Å². The van der Waals surface area contributed by atoms with Crippen molar-refractivity contribution < 1.29 is 4.79 Å². The number of nitrogens with zero attached hydrogens (tertiary/aromatic N) is 1. The minimum atomic E-state index is -0.143. The van der Waals surface area contributed by atoms with Crippen molar-refractivity contribution in [2.45, 2.75) is 6.42 Å². The molecule has 28 heavy (non-hydrogen) atoms. The molecular weight excluding hydrogens is 372 g/mol. The number of para-hydroxylation sites is 1. The summed E-state index contributed by atoms with van der Waals surface area (Å²) in [5, 5.41) is 8.15. The zero-order valence-corrected chi connectivity index (χ0v) is 16.5. The van der Waals surface area contributed by atoms with Gasteiger partial charge < -0.3 is 15.6 Å². The van der Waals surface area contributed by atoms with Crippen molar-refractivity contribution in [3.05, 3.63) is 66.4 Å². The summed E-state index contributed by atoms with van der Waals surface area (Å²) >= 11 is 0. The van der Waals surface area contributed by atoms with Crippen LogP contribution in [0.4, 0.5) is 0 Å². The molecule has 2 heterocycles. The number of nitrogens with one attached hydrogen (secondary N) is 3. The van der Waals surface area contributed by atoms with E-state index in [0.717, 1.165) is 46.0 Å². The summed E-state index contributed by atoms with van der Waals surface area (Å²) < 4.78 is 0. The summed E-state index contributed by atoms with van der Waals surface area (Å²) in [7, 11) is 1.90. The number of amides is 1. The lowest BCUT2D eigenvalue weighted by Gasteiger charge is -2.08. The van der Waals surface area contributed by atoms with E-state index in [-0.39, 0.29) is 18.3 Å². The number of aromatic nitrogens is 2. The number of rotatable bonds is 6. The minimum Gasteiger partial charge on any atom is -0.353 e. The lowest BCUT2D eigenvalue weighted by molar-refractivity contribution is 0.0948. The van der Waals surface area contributed by atoms with Gasteiger partial charge in [-0.15, -0.1) is 12.4 Å². The number of pyridine rings is 1. The average Bonchev–Trinajstić information content (AvgIpc) is 3.09. The molecule has 1 amide bonds. The Balaban J connectivity index is 0.00000225. The predicted octanol–water partition coefficient (Wildman–Crippen LogP) is 4.14. The molecule has 0 spiro atoms. The minimum absolute atomic E-state index is 0. The Kier molecular flexibility index (Phi) is 6.29. The first-order valence-corrected chi connectivity index (χ1v) is 9.17. The summed E-state index contributed by atoms with van der Waals surface area (Å²) in [6.45, 7) is 1.48. The van der Waals surface area contributed by atoms with Gasteiger partial charge in [0.1, 0.15) is 5.69 Å². The molecule has 0 radical (unpaired) electrons. The van der Waals surface area contributed by atoms with E-state index in [2.05, 4.69) is 21.7 Å². The third-order valence-electron chi connectivity index (χ3n) is 4.67. The third kappa shape index (κ3) is 3.86. The number of fused-ring (bicyclic) bond motifs is 3. The number of H-pyrrole nitrogens is 1. The molecule has 0 saturated heterocycles. The largest absolute Gasteiger partial charge is 0.353 e. The van der Waals surface area contributed by atoms with Crippen molar-refractivity contribution in [1.29, 1.82) is 0 Å². The number of hydrogen-bond donors (Lipinski definition) is 3. The molecule has 3 N–H and O–H groups in total. The quantitative estimate of drug-likeness (QED) is 0.430. The molecule has 0 bridgehead atoms. The highest BCUT2D eigenvalue weighted by Crippen LogP contribution is 2.32. The van der Waals surface area contributed by atoms with Crippen LogP contribution in [0.25, 0.3) is 33.1 Å². The van der Waals surface area contributed by atoms with Crippen LogP contribution in [0.5, 0.6) is 0 Å². The van der Waals surface area contributed by atoms with Crippen LogP contribution in [0.3, 0.4) is 0 Å². The molecule has 0 unspecified atom stereocenters.